The van der Waals surface area contributed by atoms with Gasteiger partial charge in [0.2, 0.25) is 0 Å². The van der Waals surface area contributed by atoms with E-state index in [1.165, 1.54) is 45.1 Å². The molecule has 2 fully saturated rings. The van der Waals surface area contributed by atoms with Crippen LogP contribution in [0.1, 0.15) is 52.4 Å². The van der Waals surface area contributed by atoms with Crippen LogP contribution in [-0.4, -0.2) is 29.6 Å². The van der Waals surface area contributed by atoms with E-state index in [9.17, 15) is 0 Å². The minimum atomic E-state index is 0.355. The summed E-state index contributed by atoms with van der Waals surface area (Å²) >= 11 is 0. The summed E-state index contributed by atoms with van der Waals surface area (Å²) in [6.45, 7) is 6.92. The number of nitrogens with zero attached hydrogens (tertiary/aromatic N) is 1. The van der Waals surface area contributed by atoms with Crippen molar-refractivity contribution in [1.82, 2.24) is 4.90 Å². The molecule has 1 aliphatic heterocycles. The number of hydrogen-bond acceptors (Lipinski definition) is 2. The zero-order chi connectivity index (χ0) is 10.9. The van der Waals surface area contributed by atoms with Crippen LogP contribution in [0, 0.1) is 5.92 Å². The van der Waals surface area contributed by atoms with Gasteiger partial charge in [0.1, 0.15) is 0 Å². The molecule has 0 aromatic carbocycles. The lowest BCUT2D eigenvalue weighted by molar-refractivity contribution is 0.0339. The second-order valence-corrected chi connectivity index (χ2v) is 5.81. The van der Waals surface area contributed by atoms with Crippen LogP contribution in [0.3, 0.4) is 0 Å². The Morgan fingerprint density at radius 1 is 1.27 bits per heavy atom. The Labute approximate surface area is 94.2 Å². The normalized spacial score (nSPS) is 43.4. The average molecular weight is 210 g/mol. The van der Waals surface area contributed by atoms with Crippen LogP contribution in [0.5, 0.6) is 0 Å². The lowest BCUT2D eigenvalue weighted by Crippen LogP contribution is -2.57. The van der Waals surface area contributed by atoms with E-state index in [4.69, 9.17) is 5.73 Å². The maximum atomic E-state index is 6.10. The van der Waals surface area contributed by atoms with Crippen LogP contribution in [-0.2, 0) is 0 Å². The van der Waals surface area contributed by atoms with Gasteiger partial charge in [-0.3, -0.25) is 4.90 Å². The Balaban J connectivity index is 2.12. The van der Waals surface area contributed by atoms with Crippen LogP contribution < -0.4 is 5.73 Å². The summed E-state index contributed by atoms with van der Waals surface area (Å²) in [7, 11) is 0. The minimum Gasteiger partial charge on any atom is -0.329 e. The topological polar surface area (TPSA) is 29.3 Å². The van der Waals surface area contributed by atoms with Gasteiger partial charge >= 0.3 is 0 Å². The summed E-state index contributed by atoms with van der Waals surface area (Å²) in [4.78, 5) is 2.72. The van der Waals surface area contributed by atoms with Gasteiger partial charge in [-0.15, -0.1) is 0 Å². The lowest BCUT2D eigenvalue weighted by atomic mass is 9.75. The first-order valence-electron chi connectivity index (χ1n) is 6.65. The number of likely N-dealkylation sites (tertiary alicyclic amines) is 1. The molecule has 0 aromatic rings. The molecule has 88 valence electrons. The first kappa shape index (κ1) is 11.4. The van der Waals surface area contributed by atoms with E-state index >= 15 is 0 Å². The van der Waals surface area contributed by atoms with Gasteiger partial charge in [-0.2, -0.15) is 0 Å². The predicted molar refractivity (Wildman–Crippen MR) is 64.8 cm³/mol. The number of nitrogens with two attached hydrogens (primary N) is 1. The van der Waals surface area contributed by atoms with Gasteiger partial charge in [-0.05, 0) is 45.1 Å². The molecular formula is C13H26N2. The Kier molecular flexibility index (Phi) is 3.36. The van der Waals surface area contributed by atoms with Crippen LogP contribution in [0.4, 0.5) is 0 Å². The highest BCUT2D eigenvalue weighted by Gasteiger charge is 2.42. The second-order valence-electron chi connectivity index (χ2n) is 5.81. The van der Waals surface area contributed by atoms with Gasteiger partial charge in [-0.25, -0.2) is 0 Å². The van der Waals surface area contributed by atoms with Crippen LogP contribution in [0.25, 0.3) is 0 Å². The molecular weight excluding hydrogens is 184 g/mol. The standard InChI is InChI=1S/C13H26N2/c1-11-5-3-7-13(9-11,10-14)15-8-4-6-12(15)2/h11-12H,3-10,14H2,1-2H3. The Bertz CT molecular complexity index is 217. The predicted octanol–water partition coefficient (Wildman–Crippen LogP) is 2.38. The van der Waals surface area contributed by atoms with Crippen molar-refractivity contribution in [3.63, 3.8) is 0 Å². The zero-order valence-corrected chi connectivity index (χ0v) is 10.3. The zero-order valence-electron chi connectivity index (χ0n) is 10.3. The van der Waals surface area contributed by atoms with Gasteiger partial charge in [0.15, 0.2) is 0 Å². The van der Waals surface area contributed by atoms with Crippen molar-refractivity contribution in [2.24, 2.45) is 11.7 Å². The third kappa shape index (κ3) is 2.07. The summed E-state index contributed by atoms with van der Waals surface area (Å²) in [6.07, 6.45) is 8.19. The van der Waals surface area contributed by atoms with Gasteiger partial charge < -0.3 is 5.73 Å². The molecule has 2 nitrogen and oxygen atoms in total. The van der Waals surface area contributed by atoms with Crippen molar-refractivity contribution in [2.45, 2.75) is 64.0 Å². The van der Waals surface area contributed by atoms with Crippen molar-refractivity contribution in [2.75, 3.05) is 13.1 Å². The van der Waals surface area contributed by atoms with E-state index in [-0.39, 0.29) is 0 Å². The molecule has 0 spiro atoms. The summed E-state index contributed by atoms with van der Waals surface area (Å²) in [6, 6.07) is 0.763. The Morgan fingerprint density at radius 3 is 2.60 bits per heavy atom. The largest absolute Gasteiger partial charge is 0.329 e. The van der Waals surface area contributed by atoms with Gasteiger partial charge in [0.25, 0.3) is 0 Å². The molecule has 3 unspecified atom stereocenters. The molecule has 0 amide bonds. The van der Waals surface area contributed by atoms with Crippen LogP contribution >= 0.6 is 0 Å². The molecule has 3 atom stereocenters. The van der Waals surface area contributed by atoms with Crippen LogP contribution in [0.2, 0.25) is 0 Å². The average Bonchev–Trinajstić information content (AvgIpc) is 2.65. The van der Waals surface area contributed by atoms with Crippen molar-refractivity contribution in [3.05, 3.63) is 0 Å². The highest BCUT2D eigenvalue weighted by Crippen LogP contribution is 2.39. The fourth-order valence-corrected chi connectivity index (χ4v) is 3.83. The van der Waals surface area contributed by atoms with E-state index < -0.39 is 0 Å². The van der Waals surface area contributed by atoms with Crippen molar-refractivity contribution < 1.29 is 0 Å². The van der Waals surface area contributed by atoms with Gasteiger partial charge in [0, 0.05) is 18.1 Å². The van der Waals surface area contributed by atoms with E-state index in [0.717, 1.165) is 18.5 Å². The smallest absolute Gasteiger partial charge is 0.0337 e. The molecule has 2 heteroatoms. The molecule has 2 aliphatic rings. The number of hydrogen-bond donors (Lipinski definition) is 1. The molecule has 2 rings (SSSR count). The number of rotatable bonds is 2. The maximum Gasteiger partial charge on any atom is 0.0337 e. The Hall–Kier alpha value is -0.0800. The molecule has 15 heavy (non-hydrogen) atoms. The molecule has 1 saturated carbocycles. The summed E-state index contributed by atoms with van der Waals surface area (Å²) in [5.74, 6) is 0.870. The fourth-order valence-electron chi connectivity index (χ4n) is 3.83. The molecule has 0 radical (unpaired) electrons. The first-order chi connectivity index (χ1) is 7.18. The van der Waals surface area contributed by atoms with Crippen molar-refractivity contribution in [1.29, 1.82) is 0 Å². The highest BCUT2D eigenvalue weighted by atomic mass is 15.2. The molecule has 2 N–H and O–H groups in total. The second kappa shape index (κ2) is 4.42. The molecule has 0 aromatic heterocycles. The van der Waals surface area contributed by atoms with E-state index in [1.807, 2.05) is 0 Å². The van der Waals surface area contributed by atoms with E-state index in [0.29, 0.717) is 5.54 Å². The van der Waals surface area contributed by atoms with Crippen LogP contribution in [0.15, 0.2) is 0 Å². The first-order valence-corrected chi connectivity index (χ1v) is 6.65. The maximum absolute atomic E-state index is 6.10. The monoisotopic (exact) mass is 210 g/mol. The van der Waals surface area contributed by atoms with Gasteiger partial charge in [-0.1, -0.05) is 19.8 Å². The summed E-state index contributed by atoms with van der Waals surface area (Å²) < 4.78 is 0. The molecule has 0 bridgehead atoms. The minimum absolute atomic E-state index is 0.355. The van der Waals surface area contributed by atoms with Crippen molar-refractivity contribution in [3.8, 4) is 0 Å². The highest BCUT2D eigenvalue weighted by molar-refractivity contribution is 4.99. The third-order valence-electron chi connectivity index (χ3n) is 4.61. The summed E-state index contributed by atoms with van der Waals surface area (Å²) in [5, 5.41) is 0. The van der Waals surface area contributed by atoms with E-state index in [1.54, 1.807) is 0 Å². The van der Waals surface area contributed by atoms with E-state index in [2.05, 4.69) is 18.7 Å². The Morgan fingerprint density at radius 2 is 2.07 bits per heavy atom. The quantitative estimate of drug-likeness (QED) is 0.758. The summed E-state index contributed by atoms with van der Waals surface area (Å²) in [5.41, 5.74) is 6.46. The molecule has 1 heterocycles. The third-order valence-corrected chi connectivity index (χ3v) is 4.61. The van der Waals surface area contributed by atoms with Gasteiger partial charge in [0.05, 0.1) is 0 Å². The lowest BCUT2D eigenvalue weighted by Gasteiger charge is -2.48. The fraction of sp³-hybridized carbons (Fsp3) is 1.00. The molecule has 1 aliphatic carbocycles. The van der Waals surface area contributed by atoms with Crippen molar-refractivity contribution >= 4 is 0 Å². The SMILES string of the molecule is CC1CCCC(CN)(N2CCCC2C)C1. The molecule has 1 saturated heterocycles.